The van der Waals surface area contributed by atoms with Crippen LogP contribution in [-0.2, 0) is 0 Å². The van der Waals surface area contributed by atoms with Crippen LogP contribution in [0.3, 0.4) is 0 Å². The Labute approximate surface area is 76.1 Å². The maximum atomic E-state index is 5.67. The normalized spacial score (nSPS) is 28.8. The van der Waals surface area contributed by atoms with Gasteiger partial charge in [-0.25, -0.2) is 0 Å². The Balaban J connectivity index is 2.34. The van der Waals surface area contributed by atoms with Crippen LogP contribution in [0.2, 0.25) is 0 Å². The monoisotopic (exact) mass is 170 g/mol. The van der Waals surface area contributed by atoms with Crippen LogP contribution < -0.4 is 5.73 Å². The Kier molecular flexibility index (Phi) is 4.02. The SMILES string of the molecule is CCN1CCCC(C(C)CN)C1. The lowest BCUT2D eigenvalue weighted by Gasteiger charge is -2.34. The molecule has 2 atom stereocenters. The number of piperidine rings is 1. The predicted molar refractivity (Wildman–Crippen MR) is 53.1 cm³/mol. The summed E-state index contributed by atoms with van der Waals surface area (Å²) >= 11 is 0. The minimum Gasteiger partial charge on any atom is -0.330 e. The average molecular weight is 170 g/mol. The minimum absolute atomic E-state index is 0.708. The van der Waals surface area contributed by atoms with Crippen molar-refractivity contribution in [2.24, 2.45) is 17.6 Å². The molecule has 0 amide bonds. The van der Waals surface area contributed by atoms with Crippen LogP contribution in [0, 0.1) is 11.8 Å². The molecule has 12 heavy (non-hydrogen) atoms. The molecule has 1 aliphatic rings. The van der Waals surface area contributed by atoms with Crippen LogP contribution >= 0.6 is 0 Å². The fourth-order valence-corrected chi connectivity index (χ4v) is 2.04. The Bertz CT molecular complexity index is 123. The van der Waals surface area contributed by atoms with E-state index < -0.39 is 0 Å². The van der Waals surface area contributed by atoms with E-state index in [2.05, 4.69) is 18.7 Å². The number of likely N-dealkylation sites (tertiary alicyclic amines) is 1. The summed E-state index contributed by atoms with van der Waals surface area (Å²) in [6, 6.07) is 0. The van der Waals surface area contributed by atoms with Crippen molar-refractivity contribution in [3.63, 3.8) is 0 Å². The van der Waals surface area contributed by atoms with Crippen molar-refractivity contribution in [1.82, 2.24) is 4.90 Å². The zero-order valence-corrected chi connectivity index (χ0v) is 8.42. The molecule has 0 aromatic heterocycles. The lowest BCUT2D eigenvalue weighted by molar-refractivity contribution is 0.148. The zero-order valence-electron chi connectivity index (χ0n) is 8.42. The lowest BCUT2D eigenvalue weighted by Crippen LogP contribution is -2.39. The highest BCUT2D eigenvalue weighted by molar-refractivity contribution is 4.76. The average Bonchev–Trinajstić information content (AvgIpc) is 2.17. The maximum Gasteiger partial charge on any atom is 0.00126 e. The van der Waals surface area contributed by atoms with Gasteiger partial charge in [0.25, 0.3) is 0 Å². The molecule has 0 aromatic carbocycles. The molecule has 0 bridgehead atoms. The van der Waals surface area contributed by atoms with Crippen molar-refractivity contribution in [1.29, 1.82) is 0 Å². The van der Waals surface area contributed by atoms with Crippen LogP contribution in [0.25, 0.3) is 0 Å². The first-order valence-electron chi connectivity index (χ1n) is 5.20. The van der Waals surface area contributed by atoms with Gasteiger partial charge in [-0.3, -0.25) is 0 Å². The summed E-state index contributed by atoms with van der Waals surface area (Å²) in [4.78, 5) is 2.54. The van der Waals surface area contributed by atoms with Gasteiger partial charge in [0.15, 0.2) is 0 Å². The van der Waals surface area contributed by atoms with E-state index in [1.807, 2.05) is 0 Å². The van der Waals surface area contributed by atoms with E-state index >= 15 is 0 Å². The molecule has 2 nitrogen and oxygen atoms in total. The first kappa shape index (κ1) is 10.0. The Hall–Kier alpha value is -0.0800. The summed E-state index contributed by atoms with van der Waals surface area (Å²) in [5, 5.41) is 0. The largest absolute Gasteiger partial charge is 0.330 e. The van der Waals surface area contributed by atoms with Crippen molar-refractivity contribution in [2.75, 3.05) is 26.2 Å². The fraction of sp³-hybridized carbons (Fsp3) is 1.00. The second-order valence-electron chi connectivity index (χ2n) is 4.01. The standard InChI is InChI=1S/C10H22N2/c1-3-12-6-4-5-10(8-12)9(2)7-11/h9-10H,3-8,11H2,1-2H3. The molecule has 1 fully saturated rings. The molecule has 0 aliphatic carbocycles. The highest BCUT2D eigenvalue weighted by atomic mass is 15.1. The molecule has 1 aliphatic heterocycles. The van der Waals surface area contributed by atoms with Crippen molar-refractivity contribution in [3.05, 3.63) is 0 Å². The van der Waals surface area contributed by atoms with Crippen LogP contribution in [-0.4, -0.2) is 31.1 Å². The third-order valence-corrected chi connectivity index (χ3v) is 3.17. The molecule has 2 unspecified atom stereocenters. The van der Waals surface area contributed by atoms with E-state index in [1.165, 1.54) is 32.5 Å². The summed E-state index contributed by atoms with van der Waals surface area (Å²) in [6.45, 7) is 9.15. The zero-order chi connectivity index (χ0) is 8.97. The molecule has 2 heteroatoms. The predicted octanol–water partition coefficient (Wildman–Crippen LogP) is 1.31. The van der Waals surface area contributed by atoms with Gasteiger partial charge in [0, 0.05) is 6.54 Å². The molecule has 0 aromatic rings. The molecule has 1 rings (SSSR count). The van der Waals surface area contributed by atoms with Crippen molar-refractivity contribution >= 4 is 0 Å². The van der Waals surface area contributed by atoms with Gasteiger partial charge >= 0.3 is 0 Å². The van der Waals surface area contributed by atoms with Crippen LogP contribution in [0.5, 0.6) is 0 Å². The summed E-state index contributed by atoms with van der Waals surface area (Å²) in [7, 11) is 0. The Morgan fingerprint density at radius 2 is 2.33 bits per heavy atom. The second-order valence-corrected chi connectivity index (χ2v) is 4.01. The Morgan fingerprint density at radius 1 is 1.58 bits per heavy atom. The Morgan fingerprint density at radius 3 is 2.92 bits per heavy atom. The lowest BCUT2D eigenvalue weighted by atomic mass is 9.87. The summed E-state index contributed by atoms with van der Waals surface area (Å²) in [5.74, 6) is 1.56. The minimum atomic E-state index is 0.708. The highest BCUT2D eigenvalue weighted by Crippen LogP contribution is 2.22. The number of hydrogen-bond donors (Lipinski definition) is 1. The second kappa shape index (κ2) is 4.83. The summed E-state index contributed by atoms with van der Waals surface area (Å²) < 4.78 is 0. The van der Waals surface area contributed by atoms with Gasteiger partial charge in [-0.15, -0.1) is 0 Å². The smallest absolute Gasteiger partial charge is 0.00126 e. The van der Waals surface area contributed by atoms with Gasteiger partial charge < -0.3 is 10.6 Å². The van der Waals surface area contributed by atoms with E-state index in [4.69, 9.17) is 5.73 Å². The quantitative estimate of drug-likeness (QED) is 0.692. The highest BCUT2D eigenvalue weighted by Gasteiger charge is 2.22. The van der Waals surface area contributed by atoms with Gasteiger partial charge in [-0.2, -0.15) is 0 Å². The number of rotatable bonds is 3. The van der Waals surface area contributed by atoms with E-state index in [0.29, 0.717) is 5.92 Å². The van der Waals surface area contributed by atoms with E-state index in [9.17, 15) is 0 Å². The molecule has 72 valence electrons. The van der Waals surface area contributed by atoms with Gasteiger partial charge in [-0.05, 0) is 44.3 Å². The van der Waals surface area contributed by atoms with Gasteiger partial charge in [-0.1, -0.05) is 13.8 Å². The topological polar surface area (TPSA) is 29.3 Å². The molecule has 0 spiro atoms. The maximum absolute atomic E-state index is 5.67. The van der Waals surface area contributed by atoms with E-state index in [1.54, 1.807) is 0 Å². The van der Waals surface area contributed by atoms with Crippen molar-refractivity contribution in [3.8, 4) is 0 Å². The van der Waals surface area contributed by atoms with Crippen LogP contribution in [0.1, 0.15) is 26.7 Å². The first-order chi connectivity index (χ1) is 5.77. The molecule has 1 saturated heterocycles. The van der Waals surface area contributed by atoms with Crippen LogP contribution in [0.4, 0.5) is 0 Å². The molecular formula is C10H22N2. The first-order valence-corrected chi connectivity index (χ1v) is 5.20. The van der Waals surface area contributed by atoms with E-state index in [-0.39, 0.29) is 0 Å². The third-order valence-electron chi connectivity index (χ3n) is 3.17. The van der Waals surface area contributed by atoms with Gasteiger partial charge in [0.1, 0.15) is 0 Å². The van der Waals surface area contributed by atoms with Crippen molar-refractivity contribution in [2.45, 2.75) is 26.7 Å². The van der Waals surface area contributed by atoms with Gasteiger partial charge in [0.2, 0.25) is 0 Å². The molecule has 0 saturated carbocycles. The van der Waals surface area contributed by atoms with Crippen LogP contribution in [0.15, 0.2) is 0 Å². The summed E-state index contributed by atoms with van der Waals surface area (Å²) in [5.41, 5.74) is 5.67. The third kappa shape index (κ3) is 2.46. The summed E-state index contributed by atoms with van der Waals surface area (Å²) in [6.07, 6.45) is 2.75. The fourth-order valence-electron chi connectivity index (χ4n) is 2.04. The number of hydrogen-bond acceptors (Lipinski definition) is 2. The van der Waals surface area contributed by atoms with Crippen molar-refractivity contribution < 1.29 is 0 Å². The number of nitrogens with two attached hydrogens (primary N) is 1. The molecular weight excluding hydrogens is 148 g/mol. The molecule has 2 N–H and O–H groups in total. The van der Waals surface area contributed by atoms with E-state index in [0.717, 1.165) is 12.5 Å². The molecule has 0 radical (unpaired) electrons. The van der Waals surface area contributed by atoms with Gasteiger partial charge in [0.05, 0.1) is 0 Å². The number of nitrogens with zero attached hydrogens (tertiary/aromatic N) is 1. The molecule has 1 heterocycles.